The van der Waals surface area contributed by atoms with Gasteiger partial charge in [-0.2, -0.15) is 0 Å². The number of nitrogens with one attached hydrogen (secondary N) is 1. The molecular formula is C14H20Cl2N2. The highest BCUT2D eigenvalue weighted by Crippen LogP contribution is 2.31. The van der Waals surface area contributed by atoms with Crippen molar-refractivity contribution in [2.75, 3.05) is 26.2 Å². The van der Waals surface area contributed by atoms with E-state index < -0.39 is 0 Å². The maximum atomic E-state index is 6.13. The van der Waals surface area contributed by atoms with Gasteiger partial charge in [0.25, 0.3) is 0 Å². The zero-order valence-electron chi connectivity index (χ0n) is 10.8. The number of nitrogens with zero attached hydrogens (tertiary/aromatic N) is 1. The van der Waals surface area contributed by atoms with Gasteiger partial charge in [-0.15, -0.1) is 0 Å². The molecule has 1 aromatic rings. The van der Waals surface area contributed by atoms with E-state index >= 15 is 0 Å². The first-order valence-corrected chi connectivity index (χ1v) is 7.37. The second kappa shape index (κ2) is 6.76. The molecule has 100 valence electrons. The molecule has 1 aliphatic rings. The van der Waals surface area contributed by atoms with Gasteiger partial charge in [-0.3, -0.25) is 4.90 Å². The molecule has 1 saturated heterocycles. The number of hydrogen-bond acceptors (Lipinski definition) is 2. The van der Waals surface area contributed by atoms with Crippen LogP contribution < -0.4 is 5.32 Å². The molecule has 0 spiro atoms. The zero-order valence-corrected chi connectivity index (χ0v) is 12.3. The van der Waals surface area contributed by atoms with E-state index in [2.05, 4.69) is 23.2 Å². The third-order valence-electron chi connectivity index (χ3n) is 3.48. The number of hydrogen-bond donors (Lipinski definition) is 1. The van der Waals surface area contributed by atoms with Crippen LogP contribution in [0.4, 0.5) is 0 Å². The highest BCUT2D eigenvalue weighted by molar-refractivity contribution is 6.42. The third kappa shape index (κ3) is 3.39. The van der Waals surface area contributed by atoms with Crippen LogP contribution in [0, 0.1) is 0 Å². The molecule has 0 amide bonds. The Labute approximate surface area is 119 Å². The van der Waals surface area contributed by atoms with Gasteiger partial charge in [0.1, 0.15) is 0 Å². The lowest BCUT2D eigenvalue weighted by Gasteiger charge is -2.35. The van der Waals surface area contributed by atoms with Crippen LogP contribution in [0.25, 0.3) is 0 Å². The van der Waals surface area contributed by atoms with Crippen molar-refractivity contribution in [2.24, 2.45) is 0 Å². The second-order valence-corrected chi connectivity index (χ2v) is 5.58. The minimum atomic E-state index is 0.465. The monoisotopic (exact) mass is 286 g/mol. The van der Waals surface area contributed by atoms with E-state index in [1.54, 1.807) is 0 Å². The molecule has 2 nitrogen and oxygen atoms in total. The van der Waals surface area contributed by atoms with E-state index in [1.807, 2.05) is 12.1 Å². The topological polar surface area (TPSA) is 15.3 Å². The fourth-order valence-electron chi connectivity index (χ4n) is 2.55. The Morgan fingerprint density at radius 3 is 2.56 bits per heavy atom. The molecule has 1 fully saturated rings. The number of rotatable bonds is 4. The first kappa shape index (κ1) is 14.1. The summed E-state index contributed by atoms with van der Waals surface area (Å²) in [6.07, 6.45) is 2.34. The number of benzene rings is 1. The van der Waals surface area contributed by atoms with Gasteiger partial charge in [0.15, 0.2) is 0 Å². The lowest BCUT2D eigenvalue weighted by atomic mass is 10.00. The molecule has 0 unspecified atom stereocenters. The summed E-state index contributed by atoms with van der Waals surface area (Å²) >= 11 is 12.1. The Morgan fingerprint density at radius 2 is 1.94 bits per heavy atom. The summed E-state index contributed by atoms with van der Waals surface area (Å²) in [4.78, 5) is 2.54. The van der Waals surface area contributed by atoms with Crippen LogP contribution in [-0.2, 0) is 0 Å². The normalized spacial score (nSPS) is 18.8. The molecular weight excluding hydrogens is 267 g/mol. The minimum absolute atomic E-state index is 0.465. The summed E-state index contributed by atoms with van der Waals surface area (Å²) in [5.74, 6) is 0. The Kier molecular flexibility index (Phi) is 5.31. The summed E-state index contributed by atoms with van der Waals surface area (Å²) in [6.45, 7) is 6.58. The Bertz CT molecular complexity index is 389. The summed E-state index contributed by atoms with van der Waals surface area (Å²) in [7, 11) is 0. The van der Waals surface area contributed by atoms with Crippen molar-refractivity contribution >= 4 is 23.2 Å². The van der Waals surface area contributed by atoms with E-state index in [4.69, 9.17) is 23.2 Å². The van der Waals surface area contributed by atoms with Crippen LogP contribution in [0.15, 0.2) is 18.2 Å². The van der Waals surface area contributed by atoms with Crippen molar-refractivity contribution < 1.29 is 0 Å². The highest BCUT2D eigenvalue weighted by atomic mass is 35.5. The lowest BCUT2D eigenvalue weighted by Crippen LogP contribution is -2.45. The fraction of sp³-hybridized carbons (Fsp3) is 0.571. The van der Waals surface area contributed by atoms with Gasteiger partial charge in [-0.1, -0.05) is 42.6 Å². The molecule has 1 aromatic carbocycles. The van der Waals surface area contributed by atoms with E-state index in [0.29, 0.717) is 16.1 Å². The molecule has 0 saturated carbocycles. The van der Waals surface area contributed by atoms with Crippen molar-refractivity contribution in [1.82, 2.24) is 10.2 Å². The van der Waals surface area contributed by atoms with Gasteiger partial charge in [0.2, 0.25) is 0 Å². The van der Waals surface area contributed by atoms with Crippen LogP contribution >= 0.6 is 23.2 Å². The van der Waals surface area contributed by atoms with Crippen LogP contribution in [0.5, 0.6) is 0 Å². The fourth-order valence-corrected chi connectivity index (χ4v) is 2.85. The molecule has 0 aromatic heterocycles. The molecule has 1 N–H and O–H groups in total. The number of piperazine rings is 1. The average Bonchev–Trinajstić information content (AvgIpc) is 2.40. The highest BCUT2D eigenvalue weighted by Gasteiger charge is 2.21. The van der Waals surface area contributed by atoms with Crippen LogP contribution in [0.2, 0.25) is 10.0 Å². The van der Waals surface area contributed by atoms with E-state index in [1.165, 1.54) is 12.0 Å². The lowest BCUT2D eigenvalue weighted by molar-refractivity contribution is 0.164. The molecule has 18 heavy (non-hydrogen) atoms. The van der Waals surface area contributed by atoms with Crippen molar-refractivity contribution in [2.45, 2.75) is 25.8 Å². The standard InChI is InChI=1S/C14H20Cl2N2/c1-2-3-14(18-8-6-17-7-9-18)11-4-5-12(15)13(16)10-11/h4-5,10,14,17H,2-3,6-9H2,1H3/t14-/m0/s1. The molecule has 1 atom stereocenters. The van der Waals surface area contributed by atoms with Gasteiger partial charge in [0, 0.05) is 32.2 Å². The van der Waals surface area contributed by atoms with Crippen molar-refractivity contribution in [1.29, 1.82) is 0 Å². The summed E-state index contributed by atoms with van der Waals surface area (Å²) in [5, 5.41) is 4.69. The van der Waals surface area contributed by atoms with Gasteiger partial charge in [-0.25, -0.2) is 0 Å². The van der Waals surface area contributed by atoms with Gasteiger partial charge < -0.3 is 5.32 Å². The van der Waals surface area contributed by atoms with Crippen molar-refractivity contribution in [3.05, 3.63) is 33.8 Å². The maximum absolute atomic E-state index is 6.13. The van der Waals surface area contributed by atoms with E-state index in [0.717, 1.165) is 32.6 Å². The summed E-state index contributed by atoms with van der Waals surface area (Å²) in [6, 6.07) is 6.50. The molecule has 0 bridgehead atoms. The van der Waals surface area contributed by atoms with E-state index in [9.17, 15) is 0 Å². The Hall–Kier alpha value is -0.280. The Balaban J connectivity index is 2.19. The van der Waals surface area contributed by atoms with E-state index in [-0.39, 0.29) is 0 Å². The molecule has 2 rings (SSSR count). The molecule has 1 heterocycles. The largest absolute Gasteiger partial charge is 0.314 e. The van der Waals surface area contributed by atoms with Crippen LogP contribution in [0.3, 0.4) is 0 Å². The van der Waals surface area contributed by atoms with Crippen LogP contribution in [-0.4, -0.2) is 31.1 Å². The zero-order chi connectivity index (χ0) is 13.0. The first-order valence-electron chi connectivity index (χ1n) is 6.62. The summed E-state index contributed by atoms with van der Waals surface area (Å²) in [5.41, 5.74) is 1.29. The van der Waals surface area contributed by atoms with Gasteiger partial charge >= 0.3 is 0 Å². The first-order chi connectivity index (χ1) is 8.72. The van der Waals surface area contributed by atoms with Gasteiger partial charge in [-0.05, 0) is 24.1 Å². The SMILES string of the molecule is CCC[C@@H](c1ccc(Cl)c(Cl)c1)N1CCNCC1. The van der Waals surface area contributed by atoms with Crippen LogP contribution in [0.1, 0.15) is 31.4 Å². The van der Waals surface area contributed by atoms with Gasteiger partial charge in [0.05, 0.1) is 10.0 Å². The second-order valence-electron chi connectivity index (χ2n) is 4.76. The predicted octanol–water partition coefficient (Wildman–Crippen LogP) is 3.74. The quantitative estimate of drug-likeness (QED) is 0.907. The van der Waals surface area contributed by atoms with Crippen molar-refractivity contribution in [3.8, 4) is 0 Å². The van der Waals surface area contributed by atoms with Crippen molar-refractivity contribution in [3.63, 3.8) is 0 Å². The number of halogens is 2. The average molecular weight is 287 g/mol. The Morgan fingerprint density at radius 1 is 1.22 bits per heavy atom. The molecule has 1 aliphatic heterocycles. The molecule has 0 aliphatic carbocycles. The molecule has 0 radical (unpaired) electrons. The molecule has 4 heteroatoms. The summed E-state index contributed by atoms with van der Waals surface area (Å²) < 4.78 is 0. The smallest absolute Gasteiger partial charge is 0.0595 e. The maximum Gasteiger partial charge on any atom is 0.0595 e. The predicted molar refractivity (Wildman–Crippen MR) is 78.6 cm³/mol. The minimum Gasteiger partial charge on any atom is -0.314 e. The third-order valence-corrected chi connectivity index (χ3v) is 4.22.